The lowest BCUT2D eigenvalue weighted by Crippen LogP contribution is -2.25. The molecule has 0 unspecified atom stereocenters. The zero-order valence-electron chi connectivity index (χ0n) is 16.0. The summed E-state index contributed by atoms with van der Waals surface area (Å²) in [5.74, 6) is -0.333. The fraction of sp³-hybridized carbons (Fsp3) is 0.136. The number of ether oxygens (including phenoxy) is 1. The number of hydrazone groups is 1. The number of aliphatic hydroxyl groups is 1. The van der Waals surface area contributed by atoms with Crippen LogP contribution in [0.25, 0.3) is 11.3 Å². The number of furan rings is 1. The monoisotopic (exact) mass is 426 g/mol. The molecule has 2 N–H and O–H groups in total. The van der Waals surface area contributed by atoms with Gasteiger partial charge in [0.2, 0.25) is 0 Å². The highest BCUT2D eigenvalue weighted by Crippen LogP contribution is 2.27. The Morgan fingerprint density at radius 1 is 1.20 bits per heavy atom. The largest absolute Gasteiger partial charge is 0.462 e. The van der Waals surface area contributed by atoms with Gasteiger partial charge in [-0.3, -0.25) is 4.79 Å². The summed E-state index contributed by atoms with van der Waals surface area (Å²) in [6, 6.07) is 16.8. The average molecular weight is 427 g/mol. The van der Waals surface area contributed by atoms with Crippen molar-refractivity contribution in [3.8, 4) is 11.3 Å². The maximum absolute atomic E-state index is 12.0. The molecular formula is C22H19ClN2O5. The third-order valence-electron chi connectivity index (χ3n) is 4.10. The van der Waals surface area contributed by atoms with Crippen LogP contribution in [0.1, 0.15) is 34.7 Å². The van der Waals surface area contributed by atoms with Crippen LogP contribution in [-0.4, -0.2) is 29.8 Å². The summed E-state index contributed by atoms with van der Waals surface area (Å²) in [5.41, 5.74) is 3.60. The number of amides is 1. The molecule has 0 aliphatic carbocycles. The van der Waals surface area contributed by atoms with E-state index in [0.717, 1.165) is 0 Å². The lowest BCUT2D eigenvalue weighted by atomic mass is 10.1. The summed E-state index contributed by atoms with van der Waals surface area (Å²) in [6.07, 6.45) is -0.0211. The molecule has 7 nitrogen and oxygen atoms in total. The van der Waals surface area contributed by atoms with Gasteiger partial charge in [-0.25, -0.2) is 10.2 Å². The minimum absolute atomic E-state index is 0.241. The summed E-state index contributed by atoms with van der Waals surface area (Å²) < 4.78 is 10.7. The zero-order chi connectivity index (χ0) is 21.5. The van der Waals surface area contributed by atoms with Gasteiger partial charge in [-0.15, -0.1) is 0 Å². The summed E-state index contributed by atoms with van der Waals surface area (Å²) in [5, 5.41) is 14.1. The third kappa shape index (κ3) is 5.14. The van der Waals surface area contributed by atoms with Gasteiger partial charge in [-0.1, -0.05) is 41.9 Å². The van der Waals surface area contributed by atoms with E-state index in [1.807, 2.05) is 0 Å². The maximum Gasteiger partial charge on any atom is 0.339 e. The number of hydrogen-bond acceptors (Lipinski definition) is 6. The van der Waals surface area contributed by atoms with Gasteiger partial charge >= 0.3 is 5.97 Å². The van der Waals surface area contributed by atoms with Crippen LogP contribution in [0.3, 0.4) is 0 Å². The van der Waals surface area contributed by atoms with Crippen molar-refractivity contribution in [2.24, 2.45) is 5.10 Å². The fourth-order valence-electron chi connectivity index (χ4n) is 2.63. The highest BCUT2D eigenvalue weighted by molar-refractivity contribution is 6.33. The first kappa shape index (κ1) is 21.3. The van der Waals surface area contributed by atoms with E-state index in [2.05, 4.69) is 10.5 Å². The molecule has 0 saturated carbocycles. The minimum atomic E-state index is -1.33. The van der Waals surface area contributed by atoms with Crippen LogP contribution < -0.4 is 5.43 Å². The van der Waals surface area contributed by atoms with Gasteiger partial charge in [-0.05, 0) is 42.8 Å². The highest BCUT2D eigenvalue weighted by Gasteiger charge is 2.16. The van der Waals surface area contributed by atoms with Gasteiger partial charge in [0.1, 0.15) is 11.5 Å². The molecule has 1 aromatic heterocycles. The number of esters is 1. The second-order valence-electron chi connectivity index (χ2n) is 6.16. The predicted molar refractivity (Wildman–Crippen MR) is 112 cm³/mol. The van der Waals surface area contributed by atoms with Crippen LogP contribution in [0, 0.1) is 0 Å². The molecule has 0 spiro atoms. The van der Waals surface area contributed by atoms with Crippen molar-refractivity contribution in [3.05, 3.63) is 82.6 Å². The van der Waals surface area contributed by atoms with Crippen molar-refractivity contribution in [3.63, 3.8) is 0 Å². The number of hydrogen-bond donors (Lipinski definition) is 2. The molecule has 0 saturated heterocycles. The highest BCUT2D eigenvalue weighted by atomic mass is 35.5. The van der Waals surface area contributed by atoms with Gasteiger partial charge in [0.15, 0.2) is 6.10 Å². The zero-order valence-corrected chi connectivity index (χ0v) is 16.8. The number of carbonyl (C=O) groups is 2. The molecule has 1 amide bonds. The molecule has 30 heavy (non-hydrogen) atoms. The Labute approximate surface area is 177 Å². The van der Waals surface area contributed by atoms with Gasteiger partial charge in [0, 0.05) is 5.56 Å². The number of nitrogens with one attached hydrogen (secondary N) is 1. The van der Waals surface area contributed by atoms with E-state index in [1.54, 1.807) is 67.6 Å². The van der Waals surface area contributed by atoms with E-state index >= 15 is 0 Å². The normalized spacial score (nSPS) is 12.0. The van der Waals surface area contributed by atoms with E-state index in [1.165, 1.54) is 6.21 Å². The first-order valence-electron chi connectivity index (χ1n) is 9.12. The van der Waals surface area contributed by atoms with Gasteiger partial charge < -0.3 is 14.3 Å². The standard InChI is InChI=1S/C22H19ClN2O5/c1-2-29-22(28)17-12-15(8-10-18(17)23)19-11-9-16(30-19)13-24-25-21(27)20(26)14-6-4-3-5-7-14/h3-13,20,26H,2H2,1H3,(H,25,27)/b24-13-/t20-/m0/s1. The molecule has 1 heterocycles. The Bertz CT molecular complexity index is 1060. The summed E-state index contributed by atoms with van der Waals surface area (Å²) in [7, 11) is 0. The van der Waals surface area contributed by atoms with Crippen molar-refractivity contribution >= 4 is 29.7 Å². The Hall–Kier alpha value is -3.42. The van der Waals surface area contributed by atoms with E-state index in [9.17, 15) is 14.7 Å². The van der Waals surface area contributed by atoms with Crippen LogP contribution in [0.15, 0.2) is 70.2 Å². The topological polar surface area (TPSA) is 101 Å². The van der Waals surface area contributed by atoms with Crippen LogP contribution in [0.4, 0.5) is 0 Å². The van der Waals surface area contributed by atoms with Gasteiger partial charge in [0.05, 0.1) is 23.4 Å². The molecule has 0 fully saturated rings. The summed E-state index contributed by atoms with van der Waals surface area (Å²) >= 11 is 6.07. The Morgan fingerprint density at radius 3 is 2.70 bits per heavy atom. The number of aliphatic hydroxyl groups excluding tert-OH is 1. The second-order valence-corrected chi connectivity index (χ2v) is 6.57. The molecular weight excluding hydrogens is 408 g/mol. The molecule has 0 radical (unpaired) electrons. The quantitative estimate of drug-likeness (QED) is 0.338. The Kier molecular flexibility index (Phi) is 7.00. The first-order valence-corrected chi connectivity index (χ1v) is 9.50. The van der Waals surface area contributed by atoms with Crippen LogP contribution in [0.5, 0.6) is 0 Å². The maximum atomic E-state index is 12.0. The minimum Gasteiger partial charge on any atom is -0.462 e. The van der Waals surface area contributed by atoms with E-state index < -0.39 is 18.0 Å². The number of nitrogens with zero attached hydrogens (tertiary/aromatic N) is 1. The second kappa shape index (κ2) is 9.87. The van der Waals surface area contributed by atoms with Crippen molar-refractivity contribution < 1.29 is 23.8 Å². The lowest BCUT2D eigenvalue weighted by molar-refractivity contribution is -0.129. The fourth-order valence-corrected chi connectivity index (χ4v) is 2.82. The Balaban J connectivity index is 1.67. The molecule has 3 aromatic rings. The van der Waals surface area contributed by atoms with Crippen LogP contribution in [0.2, 0.25) is 5.02 Å². The molecule has 2 aromatic carbocycles. The van der Waals surface area contributed by atoms with E-state index in [0.29, 0.717) is 22.6 Å². The van der Waals surface area contributed by atoms with E-state index in [-0.39, 0.29) is 17.2 Å². The number of carbonyl (C=O) groups excluding carboxylic acids is 2. The number of halogens is 1. The molecule has 0 aliphatic heterocycles. The number of benzene rings is 2. The van der Waals surface area contributed by atoms with Gasteiger partial charge in [0.25, 0.3) is 5.91 Å². The third-order valence-corrected chi connectivity index (χ3v) is 4.43. The average Bonchev–Trinajstić information content (AvgIpc) is 3.23. The SMILES string of the molecule is CCOC(=O)c1cc(-c2ccc(/C=N\NC(=O)[C@@H](O)c3ccccc3)o2)ccc1Cl. The molecule has 154 valence electrons. The molecule has 1 atom stereocenters. The molecule has 3 rings (SSSR count). The first-order chi connectivity index (χ1) is 14.5. The van der Waals surface area contributed by atoms with E-state index in [4.69, 9.17) is 20.8 Å². The lowest BCUT2D eigenvalue weighted by Gasteiger charge is -2.08. The van der Waals surface area contributed by atoms with Gasteiger partial charge in [-0.2, -0.15) is 5.10 Å². The smallest absolute Gasteiger partial charge is 0.339 e. The summed E-state index contributed by atoms with van der Waals surface area (Å²) in [6.45, 7) is 1.96. The summed E-state index contributed by atoms with van der Waals surface area (Å²) in [4.78, 5) is 24.0. The molecule has 8 heteroatoms. The number of rotatable bonds is 7. The van der Waals surface area contributed by atoms with Crippen molar-refractivity contribution in [1.82, 2.24) is 5.43 Å². The Morgan fingerprint density at radius 2 is 1.97 bits per heavy atom. The van der Waals surface area contributed by atoms with Crippen LogP contribution >= 0.6 is 11.6 Å². The van der Waals surface area contributed by atoms with Crippen molar-refractivity contribution in [2.75, 3.05) is 6.61 Å². The molecule has 0 aliphatic rings. The predicted octanol–water partition coefficient (Wildman–Crippen LogP) is 3.96. The van der Waals surface area contributed by atoms with Crippen molar-refractivity contribution in [2.45, 2.75) is 13.0 Å². The molecule has 0 bridgehead atoms. The van der Waals surface area contributed by atoms with Crippen LogP contribution in [-0.2, 0) is 9.53 Å². The van der Waals surface area contributed by atoms with Crippen molar-refractivity contribution in [1.29, 1.82) is 0 Å².